The van der Waals surface area contributed by atoms with Gasteiger partial charge in [-0.05, 0) is 30.7 Å². The first-order chi connectivity index (χ1) is 10.3. The van der Waals surface area contributed by atoms with E-state index >= 15 is 0 Å². The first-order valence-electron chi connectivity index (χ1n) is 6.60. The molecule has 1 heterocycles. The topological polar surface area (TPSA) is 52.1 Å². The van der Waals surface area contributed by atoms with Crippen molar-refractivity contribution in [3.05, 3.63) is 47.5 Å². The van der Waals surface area contributed by atoms with E-state index in [-0.39, 0.29) is 6.79 Å². The van der Waals surface area contributed by atoms with Crippen LogP contribution in [0.15, 0.2) is 41.5 Å². The molecule has 0 aliphatic carbocycles. The quantitative estimate of drug-likeness (QED) is 0.692. The van der Waals surface area contributed by atoms with Crippen molar-refractivity contribution >= 4 is 11.9 Å². The van der Waals surface area contributed by atoms with Gasteiger partial charge in [0, 0.05) is 5.56 Å². The molecule has 0 fully saturated rings. The number of methoxy groups -OCH3 is 1. The van der Waals surface area contributed by atoms with Gasteiger partial charge in [0.05, 0.1) is 19.0 Å². The molecule has 21 heavy (non-hydrogen) atoms. The molecule has 0 unspecified atom stereocenters. The van der Waals surface area contributed by atoms with Gasteiger partial charge in [0.15, 0.2) is 11.5 Å². The number of nitrogens with zero attached hydrogens (tertiary/aromatic N) is 1. The maximum absolute atomic E-state index is 5.38. The van der Waals surface area contributed by atoms with E-state index in [2.05, 4.69) is 10.5 Å². The monoisotopic (exact) mass is 284 g/mol. The molecule has 0 bridgehead atoms. The number of nitrogens with one attached hydrogen (secondary N) is 1. The van der Waals surface area contributed by atoms with E-state index in [9.17, 15) is 0 Å². The number of para-hydroxylation sites is 1. The summed E-state index contributed by atoms with van der Waals surface area (Å²) in [5, 5.41) is 4.25. The molecule has 2 aromatic rings. The molecule has 1 aliphatic heterocycles. The number of fused-ring (bicyclic) bond motifs is 1. The summed E-state index contributed by atoms with van der Waals surface area (Å²) < 4.78 is 16.0. The van der Waals surface area contributed by atoms with Crippen LogP contribution in [-0.2, 0) is 0 Å². The standard InChI is InChI=1S/C16H16N2O3/c1-11-5-3-4-6-13(11)18-17-9-12-7-14(19-2)16-15(8-12)20-10-21-16/h3-9,18H,10H2,1-2H3/b17-9-. The largest absolute Gasteiger partial charge is 0.493 e. The number of benzene rings is 2. The molecule has 0 saturated carbocycles. The first kappa shape index (κ1) is 13.3. The van der Waals surface area contributed by atoms with Gasteiger partial charge in [0.1, 0.15) is 0 Å². The van der Waals surface area contributed by atoms with E-state index in [1.54, 1.807) is 13.3 Å². The van der Waals surface area contributed by atoms with Crippen molar-refractivity contribution in [2.45, 2.75) is 6.92 Å². The van der Waals surface area contributed by atoms with Crippen LogP contribution >= 0.6 is 0 Å². The summed E-state index contributed by atoms with van der Waals surface area (Å²) in [6.45, 7) is 2.25. The average molecular weight is 284 g/mol. The molecule has 0 aromatic heterocycles. The molecular weight excluding hydrogens is 268 g/mol. The van der Waals surface area contributed by atoms with Crippen LogP contribution in [0.2, 0.25) is 0 Å². The minimum absolute atomic E-state index is 0.216. The molecule has 0 spiro atoms. The van der Waals surface area contributed by atoms with Crippen molar-refractivity contribution in [1.82, 2.24) is 0 Å². The molecule has 0 amide bonds. The molecule has 1 N–H and O–H groups in total. The van der Waals surface area contributed by atoms with E-state index in [1.807, 2.05) is 43.3 Å². The lowest BCUT2D eigenvalue weighted by Crippen LogP contribution is -1.94. The Labute approximate surface area is 123 Å². The SMILES string of the molecule is COc1cc(/C=N\Nc2ccccc2C)cc2c1OCO2. The number of anilines is 1. The molecule has 5 nitrogen and oxygen atoms in total. The Bertz CT molecular complexity index is 683. The highest BCUT2D eigenvalue weighted by Crippen LogP contribution is 2.41. The Hall–Kier alpha value is -2.69. The van der Waals surface area contributed by atoms with Crippen molar-refractivity contribution in [2.75, 3.05) is 19.3 Å². The van der Waals surface area contributed by atoms with Gasteiger partial charge in [-0.1, -0.05) is 18.2 Å². The minimum Gasteiger partial charge on any atom is -0.493 e. The zero-order chi connectivity index (χ0) is 14.7. The van der Waals surface area contributed by atoms with Crippen molar-refractivity contribution in [3.8, 4) is 17.2 Å². The van der Waals surface area contributed by atoms with Gasteiger partial charge < -0.3 is 14.2 Å². The maximum atomic E-state index is 5.38. The Morgan fingerprint density at radius 2 is 2.10 bits per heavy atom. The molecule has 3 rings (SSSR count). The third-order valence-electron chi connectivity index (χ3n) is 3.22. The van der Waals surface area contributed by atoms with Crippen LogP contribution in [0, 0.1) is 6.92 Å². The minimum atomic E-state index is 0.216. The molecule has 108 valence electrons. The predicted octanol–water partition coefficient (Wildman–Crippen LogP) is 3.18. The molecular formula is C16H16N2O3. The van der Waals surface area contributed by atoms with Crippen LogP contribution in [0.25, 0.3) is 0 Å². The van der Waals surface area contributed by atoms with Gasteiger partial charge in [-0.15, -0.1) is 0 Å². The van der Waals surface area contributed by atoms with E-state index in [0.717, 1.165) is 16.8 Å². The summed E-state index contributed by atoms with van der Waals surface area (Å²) >= 11 is 0. The Morgan fingerprint density at radius 1 is 1.24 bits per heavy atom. The number of hydrazone groups is 1. The van der Waals surface area contributed by atoms with Crippen LogP contribution in [-0.4, -0.2) is 20.1 Å². The highest BCUT2D eigenvalue weighted by molar-refractivity contribution is 5.83. The third kappa shape index (κ3) is 2.76. The predicted molar refractivity (Wildman–Crippen MR) is 81.5 cm³/mol. The second-order valence-electron chi connectivity index (χ2n) is 4.64. The number of aryl methyl sites for hydroxylation is 1. The Balaban J connectivity index is 1.79. The second-order valence-corrected chi connectivity index (χ2v) is 4.64. The van der Waals surface area contributed by atoms with Crippen molar-refractivity contribution in [2.24, 2.45) is 5.10 Å². The summed E-state index contributed by atoms with van der Waals surface area (Å²) in [4.78, 5) is 0. The highest BCUT2D eigenvalue weighted by atomic mass is 16.7. The fourth-order valence-corrected chi connectivity index (χ4v) is 2.10. The molecule has 5 heteroatoms. The van der Waals surface area contributed by atoms with Gasteiger partial charge in [-0.25, -0.2) is 0 Å². The summed E-state index contributed by atoms with van der Waals surface area (Å²) in [6.07, 6.45) is 1.72. The second kappa shape index (κ2) is 5.75. The molecule has 0 saturated heterocycles. The molecule has 0 atom stereocenters. The van der Waals surface area contributed by atoms with Gasteiger partial charge in [-0.2, -0.15) is 5.10 Å². The van der Waals surface area contributed by atoms with E-state index < -0.39 is 0 Å². The fourth-order valence-electron chi connectivity index (χ4n) is 2.10. The Morgan fingerprint density at radius 3 is 2.90 bits per heavy atom. The van der Waals surface area contributed by atoms with Crippen LogP contribution in [0.3, 0.4) is 0 Å². The summed E-state index contributed by atoms with van der Waals surface area (Å²) in [5.41, 5.74) is 6.01. The van der Waals surface area contributed by atoms with E-state index in [4.69, 9.17) is 14.2 Å². The van der Waals surface area contributed by atoms with Crippen LogP contribution in [0.1, 0.15) is 11.1 Å². The summed E-state index contributed by atoms with van der Waals surface area (Å²) in [7, 11) is 1.60. The lowest BCUT2D eigenvalue weighted by Gasteiger charge is -2.06. The van der Waals surface area contributed by atoms with Crippen LogP contribution in [0.4, 0.5) is 5.69 Å². The number of ether oxygens (including phenoxy) is 3. The van der Waals surface area contributed by atoms with Crippen molar-refractivity contribution in [3.63, 3.8) is 0 Å². The third-order valence-corrected chi connectivity index (χ3v) is 3.22. The van der Waals surface area contributed by atoms with Gasteiger partial charge >= 0.3 is 0 Å². The molecule has 2 aromatic carbocycles. The number of hydrogen-bond donors (Lipinski definition) is 1. The zero-order valence-corrected chi connectivity index (χ0v) is 11.9. The van der Waals surface area contributed by atoms with Crippen molar-refractivity contribution < 1.29 is 14.2 Å². The number of hydrogen-bond acceptors (Lipinski definition) is 5. The molecule has 0 radical (unpaired) electrons. The van der Waals surface area contributed by atoms with Crippen LogP contribution < -0.4 is 19.6 Å². The number of rotatable bonds is 4. The summed E-state index contributed by atoms with van der Waals surface area (Å²) in [5.74, 6) is 1.95. The van der Waals surface area contributed by atoms with Crippen molar-refractivity contribution in [1.29, 1.82) is 0 Å². The lowest BCUT2D eigenvalue weighted by molar-refractivity contribution is 0.171. The molecule has 1 aliphatic rings. The normalized spacial score (nSPS) is 12.7. The van der Waals surface area contributed by atoms with Gasteiger partial charge in [0.25, 0.3) is 0 Å². The zero-order valence-electron chi connectivity index (χ0n) is 11.9. The maximum Gasteiger partial charge on any atom is 0.231 e. The van der Waals surface area contributed by atoms with Gasteiger partial charge in [0.2, 0.25) is 12.5 Å². The average Bonchev–Trinajstić information content (AvgIpc) is 2.97. The van der Waals surface area contributed by atoms with Crippen LogP contribution in [0.5, 0.6) is 17.2 Å². The highest BCUT2D eigenvalue weighted by Gasteiger charge is 2.19. The lowest BCUT2D eigenvalue weighted by atomic mass is 10.2. The fraction of sp³-hybridized carbons (Fsp3) is 0.188. The summed E-state index contributed by atoms with van der Waals surface area (Å²) in [6, 6.07) is 11.7. The smallest absolute Gasteiger partial charge is 0.231 e. The van der Waals surface area contributed by atoms with E-state index in [1.165, 1.54) is 0 Å². The first-order valence-corrected chi connectivity index (χ1v) is 6.60. The van der Waals surface area contributed by atoms with Gasteiger partial charge in [-0.3, -0.25) is 5.43 Å². The Kier molecular flexibility index (Phi) is 3.64. The van der Waals surface area contributed by atoms with E-state index in [0.29, 0.717) is 17.2 Å².